The van der Waals surface area contributed by atoms with Gasteiger partial charge in [-0.25, -0.2) is 0 Å². The molecule has 0 saturated carbocycles. The molecule has 12 heavy (non-hydrogen) atoms. The number of nitrogens with zero attached hydrogens (tertiary/aromatic N) is 3. The Morgan fingerprint density at radius 2 is 2.00 bits per heavy atom. The van der Waals surface area contributed by atoms with Crippen LogP contribution in [0.4, 0.5) is 14.5 Å². The number of hydrogen-bond acceptors (Lipinski definition) is 4. The highest BCUT2D eigenvalue weighted by Gasteiger charge is 2.23. The number of aromatic nitrogens is 2. The first kappa shape index (κ1) is 8.72. The maximum Gasteiger partial charge on any atom is 0.361 e. The molecule has 0 aliphatic rings. The fourth-order valence-electron chi connectivity index (χ4n) is 0.529. The molecule has 0 aliphatic heterocycles. The van der Waals surface area contributed by atoms with Gasteiger partial charge >= 0.3 is 11.8 Å². The number of halogens is 3. The zero-order valence-electron chi connectivity index (χ0n) is 5.29. The predicted octanol–water partition coefficient (Wildman–Crippen LogP) is 1.32. The van der Waals surface area contributed by atoms with Gasteiger partial charge in [0.05, 0.1) is 4.92 Å². The van der Waals surface area contributed by atoms with E-state index >= 15 is 0 Å². The van der Waals surface area contributed by atoms with Gasteiger partial charge in [0.2, 0.25) is 5.15 Å². The van der Waals surface area contributed by atoms with E-state index in [1.807, 2.05) is 0 Å². The molecule has 0 bridgehead atoms. The van der Waals surface area contributed by atoms with Gasteiger partial charge in [-0.2, -0.15) is 18.7 Å². The first-order chi connectivity index (χ1) is 5.52. The Balaban J connectivity index is 3.38. The molecule has 1 aromatic heterocycles. The summed E-state index contributed by atoms with van der Waals surface area (Å²) in [6.07, 6.45) is -1.44. The molecule has 0 unspecified atom stereocenters. The summed E-state index contributed by atoms with van der Waals surface area (Å²) in [4.78, 5) is 14.2. The van der Waals surface area contributed by atoms with Crippen molar-refractivity contribution in [1.82, 2.24) is 9.97 Å². The Morgan fingerprint density at radius 1 is 1.42 bits per heavy atom. The van der Waals surface area contributed by atoms with Crippen LogP contribution >= 0.6 is 11.6 Å². The lowest BCUT2D eigenvalue weighted by atomic mass is 10.5. The van der Waals surface area contributed by atoms with E-state index in [2.05, 4.69) is 9.97 Å². The molecule has 0 saturated heterocycles. The number of hydrogen-bond donors (Lipinski definition) is 0. The highest BCUT2D eigenvalue weighted by molar-refractivity contribution is 6.31. The lowest BCUT2D eigenvalue weighted by molar-refractivity contribution is -0.388. The summed E-state index contributed by atoms with van der Waals surface area (Å²) >= 11 is 5.06. The fourth-order valence-corrected chi connectivity index (χ4v) is 0.745. The van der Waals surface area contributed by atoms with Gasteiger partial charge < -0.3 is 0 Å². The highest BCUT2D eigenvalue weighted by atomic mass is 35.5. The molecule has 5 nitrogen and oxygen atoms in total. The minimum absolute atomic E-state index is 0.856. The van der Waals surface area contributed by atoms with Crippen LogP contribution < -0.4 is 0 Å². The summed E-state index contributed by atoms with van der Waals surface area (Å²) in [6.45, 7) is 0. The van der Waals surface area contributed by atoms with E-state index < -0.39 is 27.8 Å². The zero-order valence-corrected chi connectivity index (χ0v) is 6.05. The second kappa shape index (κ2) is 2.94. The van der Waals surface area contributed by atoms with Crippen molar-refractivity contribution in [3.8, 4) is 0 Å². The molecule has 0 spiro atoms. The van der Waals surface area contributed by atoms with Crippen molar-refractivity contribution in [2.24, 2.45) is 0 Å². The van der Waals surface area contributed by atoms with Gasteiger partial charge in [0.15, 0.2) is 0 Å². The molecule has 1 rings (SSSR count). The van der Waals surface area contributed by atoms with E-state index in [0.717, 1.165) is 0 Å². The summed E-state index contributed by atoms with van der Waals surface area (Å²) in [6, 6.07) is 0. The standard InChI is InChI=1S/C4ClF2N3O2/c5-2-1(10(11)12)3(6)9-4(7)8-2. The minimum atomic E-state index is -1.59. The van der Waals surface area contributed by atoms with Crippen molar-refractivity contribution in [2.75, 3.05) is 0 Å². The van der Waals surface area contributed by atoms with Gasteiger partial charge in [-0.1, -0.05) is 11.6 Å². The van der Waals surface area contributed by atoms with Crippen LogP contribution in [0, 0.1) is 22.1 Å². The summed E-state index contributed by atoms with van der Waals surface area (Å²) in [5, 5.41) is 9.18. The number of rotatable bonds is 1. The third kappa shape index (κ3) is 1.45. The van der Waals surface area contributed by atoms with Crippen molar-refractivity contribution < 1.29 is 13.7 Å². The Labute approximate surface area is 69.2 Å². The Morgan fingerprint density at radius 3 is 2.42 bits per heavy atom. The molecule has 0 atom stereocenters. The summed E-state index contributed by atoms with van der Waals surface area (Å²) in [7, 11) is 0. The van der Waals surface area contributed by atoms with Crippen molar-refractivity contribution in [1.29, 1.82) is 0 Å². The Bertz CT molecular complexity index is 322. The van der Waals surface area contributed by atoms with E-state index in [-0.39, 0.29) is 0 Å². The Hall–Kier alpha value is -1.37. The molecule has 0 aromatic carbocycles. The lowest BCUT2D eigenvalue weighted by Gasteiger charge is -1.93. The van der Waals surface area contributed by atoms with Crippen LogP contribution in [0.15, 0.2) is 0 Å². The SMILES string of the molecule is O=[N+]([O-])c1c(F)nc(F)nc1Cl. The third-order valence-electron chi connectivity index (χ3n) is 0.954. The molecule has 8 heteroatoms. The van der Waals surface area contributed by atoms with Crippen LogP contribution in [0.5, 0.6) is 0 Å². The minimum Gasteiger partial charge on any atom is -0.258 e. The van der Waals surface area contributed by atoms with Gasteiger partial charge in [-0.15, -0.1) is 0 Å². The summed E-state index contributed by atoms with van der Waals surface area (Å²) in [5.41, 5.74) is -1.13. The van der Waals surface area contributed by atoms with Crippen LogP contribution in [0.1, 0.15) is 0 Å². The van der Waals surface area contributed by atoms with E-state index in [1.165, 1.54) is 0 Å². The van der Waals surface area contributed by atoms with Crippen LogP contribution in [0.2, 0.25) is 5.15 Å². The zero-order chi connectivity index (χ0) is 9.30. The quantitative estimate of drug-likeness (QED) is 0.293. The summed E-state index contributed by atoms with van der Waals surface area (Å²) in [5.74, 6) is -1.59. The molecule has 0 aliphatic carbocycles. The second-order valence-corrected chi connectivity index (χ2v) is 2.04. The van der Waals surface area contributed by atoms with Gasteiger partial charge in [0, 0.05) is 0 Å². The molecule has 1 aromatic rings. The second-order valence-electron chi connectivity index (χ2n) is 1.68. The molecule has 0 fully saturated rings. The van der Waals surface area contributed by atoms with Gasteiger partial charge in [0.1, 0.15) is 0 Å². The van der Waals surface area contributed by atoms with Crippen LogP contribution in [0.25, 0.3) is 0 Å². The van der Waals surface area contributed by atoms with Crippen molar-refractivity contribution >= 4 is 17.3 Å². The molecular formula is C4ClF2N3O2. The average Bonchev–Trinajstić information content (AvgIpc) is 1.82. The fraction of sp³-hybridized carbons (Fsp3) is 0. The normalized spacial score (nSPS) is 9.92. The third-order valence-corrected chi connectivity index (χ3v) is 1.22. The lowest BCUT2D eigenvalue weighted by Crippen LogP contribution is -2.01. The molecule has 0 radical (unpaired) electrons. The number of nitro groups is 1. The van der Waals surface area contributed by atoms with E-state index in [0.29, 0.717) is 0 Å². The van der Waals surface area contributed by atoms with E-state index in [4.69, 9.17) is 11.6 Å². The van der Waals surface area contributed by atoms with Gasteiger partial charge in [-0.3, -0.25) is 10.1 Å². The molecule has 64 valence electrons. The van der Waals surface area contributed by atoms with Crippen molar-refractivity contribution in [2.45, 2.75) is 0 Å². The van der Waals surface area contributed by atoms with Gasteiger partial charge in [-0.05, 0) is 0 Å². The van der Waals surface area contributed by atoms with Crippen LogP contribution in [0.3, 0.4) is 0 Å². The largest absolute Gasteiger partial charge is 0.361 e. The van der Waals surface area contributed by atoms with Gasteiger partial charge in [0.25, 0.3) is 5.95 Å². The van der Waals surface area contributed by atoms with E-state index in [1.54, 1.807) is 0 Å². The first-order valence-corrected chi connectivity index (χ1v) is 2.93. The first-order valence-electron chi connectivity index (χ1n) is 2.55. The average molecular weight is 196 g/mol. The molecule has 0 N–H and O–H groups in total. The maximum atomic E-state index is 12.4. The topological polar surface area (TPSA) is 68.9 Å². The van der Waals surface area contributed by atoms with Crippen molar-refractivity contribution in [3.05, 3.63) is 27.3 Å². The predicted molar refractivity (Wildman–Crippen MR) is 33.6 cm³/mol. The maximum absolute atomic E-state index is 12.4. The van der Waals surface area contributed by atoms with Crippen LogP contribution in [-0.2, 0) is 0 Å². The molecule has 0 amide bonds. The van der Waals surface area contributed by atoms with E-state index in [9.17, 15) is 18.9 Å². The monoisotopic (exact) mass is 195 g/mol. The molecule has 1 heterocycles. The summed E-state index contributed by atoms with van der Waals surface area (Å²) < 4.78 is 24.5. The highest BCUT2D eigenvalue weighted by Crippen LogP contribution is 2.23. The van der Waals surface area contributed by atoms with Crippen LogP contribution in [-0.4, -0.2) is 14.9 Å². The Kier molecular flexibility index (Phi) is 2.13. The smallest absolute Gasteiger partial charge is 0.258 e. The molecular weight excluding hydrogens is 196 g/mol. The van der Waals surface area contributed by atoms with Crippen molar-refractivity contribution in [3.63, 3.8) is 0 Å².